The zero-order valence-electron chi connectivity index (χ0n) is 14.8. The van der Waals surface area contributed by atoms with Gasteiger partial charge in [0.2, 0.25) is 10.0 Å². The summed E-state index contributed by atoms with van der Waals surface area (Å²) >= 11 is 0. The Balaban J connectivity index is 1.45. The maximum absolute atomic E-state index is 12.9. The minimum atomic E-state index is -3.47. The summed E-state index contributed by atoms with van der Waals surface area (Å²) in [7, 11) is -3.47. The van der Waals surface area contributed by atoms with E-state index in [1.54, 1.807) is 24.3 Å². The molecule has 144 valence electrons. The van der Waals surface area contributed by atoms with Gasteiger partial charge in [-0.15, -0.1) is 0 Å². The number of carbonyl (C=O) groups excluding carboxylic acids is 1. The Morgan fingerprint density at radius 2 is 1.85 bits per heavy atom. The number of carbonyl (C=O) groups is 1. The number of hydrogen-bond donors (Lipinski definition) is 1. The van der Waals surface area contributed by atoms with Crippen molar-refractivity contribution >= 4 is 26.9 Å². The number of para-hydroxylation sites is 1. The molecule has 3 aliphatic rings. The smallest absolute Gasteiger partial charge is 0.340 e. The van der Waals surface area contributed by atoms with Crippen molar-refractivity contribution in [2.24, 2.45) is 0 Å². The Labute approximate surface area is 157 Å². The summed E-state index contributed by atoms with van der Waals surface area (Å²) in [6, 6.07) is 7.50. The van der Waals surface area contributed by atoms with Crippen LogP contribution in [0.2, 0.25) is 0 Å². The van der Waals surface area contributed by atoms with E-state index in [0.717, 1.165) is 0 Å². The molecule has 3 heterocycles. The van der Waals surface area contributed by atoms with Gasteiger partial charge in [-0.2, -0.15) is 0 Å². The monoisotopic (exact) mass is 390 g/mol. The van der Waals surface area contributed by atoms with E-state index >= 15 is 0 Å². The third kappa shape index (κ3) is 3.05. The van der Waals surface area contributed by atoms with Crippen LogP contribution in [0, 0.1) is 0 Å². The number of benzene rings is 1. The van der Waals surface area contributed by atoms with E-state index in [1.165, 1.54) is 10.2 Å². The second kappa shape index (κ2) is 6.32. The van der Waals surface area contributed by atoms with Gasteiger partial charge in [0.15, 0.2) is 0 Å². The van der Waals surface area contributed by atoms with Crippen LogP contribution in [0.3, 0.4) is 0 Å². The van der Waals surface area contributed by atoms with Gasteiger partial charge in [-0.3, -0.25) is 0 Å². The highest BCUT2D eigenvalue weighted by molar-refractivity contribution is 7.91. The maximum atomic E-state index is 12.9. The van der Waals surface area contributed by atoms with Gasteiger partial charge >= 0.3 is 5.97 Å². The van der Waals surface area contributed by atoms with Crippen LogP contribution in [0.4, 0.5) is 0 Å². The van der Waals surface area contributed by atoms with Gasteiger partial charge in [-0.1, -0.05) is 18.2 Å². The fourth-order valence-electron chi connectivity index (χ4n) is 4.15. The van der Waals surface area contributed by atoms with Gasteiger partial charge in [-0.05, 0) is 18.9 Å². The highest BCUT2D eigenvalue weighted by atomic mass is 32.2. The molecule has 2 aliphatic heterocycles. The first-order chi connectivity index (χ1) is 13.0. The van der Waals surface area contributed by atoms with E-state index in [0.29, 0.717) is 55.4 Å². The summed E-state index contributed by atoms with van der Waals surface area (Å²) in [5, 5.41) is 3.74. The number of aromatic nitrogens is 1. The van der Waals surface area contributed by atoms with Crippen LogP contribution in [0.5, 0.6) is 0 Å². The fraction of sp³-hybridized carbons (Fsp3) is 0.526. The molecule has 1 aliphatic carbocycles. The number of ether oxygens (including phenoxy) is 2. The standard InChI is InChI=1S/C19H22N2O5S/c22-19(26-14-7-12-10-25-11-13(8-14)20-12)17-9-21(27(23,24)15-5-6-15)18-4-2-1-3-16(17)18/h1-4,9,12-15,20H,5-8,10-11H2/t12-,13+,14-. The average molecular weight is 390 g/mol. The predicted molar refractivity (Wildman–Crippen MR) is 99.2 cm³/mol. The molecule has 1 saturated carbocycles. The second-order valence-corrected chi connectivity index (χ2v) is 9.79. The fourth-order valence-corrected chi connectivity index (χ4v) is 5.88. The minimum Gasteiger partial charge on any atom is -0.459 e. The lowest BCUT2D eigenvalue weighted by molar-refractivity contribution is -0.0339. The SMILES string of the molecule is O=C(O[C@H]1C[C@H]2COC[C@@H](C1)N2)c1cn(S(=O)(=O)C2CC2)c2ccccc12. The van der Waals surface area contributed by atoms with Gasteiger partial charge in [0.1, 0.15) is 6.10 Å². The number of morpholine rings is 1. The van der Waals surface area contributed by atoms with Crippen molar-refractivity contribution in [3.05, 3.63) is 36.0 Å². The van der Waals surface area contributed by atoms with Crippen LogP contribution in [0.15, 0.2) is 30.5 Å². The molecule has 2 bridgehead atoms. The summed E-state index contributed by atoms with van der Waals surface area (Å²) in [5.74, 6) is -0.457. The highest BCUT2D eigenvalue weighted by Crippen LogP contribution is 2.34. The van der Waals surface area contributed by atoms with Crippen molar-refractivity contribution in [3.63, 3.8) is 0 Å². The van der Waals surface area contributed by atoms with Crippen LogP contribution in [-0.2, 0) is 19.5 Å². The molecule has 27 heavy (non-hydrogen) atoms. The van der Waals surface area contributed by atoms with Gasteiger partial charge in [0, 0.05) is 36.5 Å². The van der Waals surface area contributed by atoms with Crippen molar-refractivity contribution in [1.29, 1.82) is 0 Å². The van der Waals surface area contributed by atoms with Crippen molar-refractivity contribution in [1.82, 2.24) is 9.29 Å². The molecule has 2 saturated heterocycles. The van der Waals surface area contributed by atoms with E-state index < -0.39 is 16.0 Å². The zero-order valence-corrected chi connectivity index (χ0v) is 15.7. The Kier molecular flexibility index (Phi) is 4.03. The highest BCUT2D eigenvalue weighted by Gasteiger charge is 2.39. The quantitative estimate of drug-likeness (QED) is 0.799. The predicted octanol–water partition coefficient (Wildman–Crippen LogP) is 1.66. The molecule has 0 unspecified atom stereocenters. The zero-order chi connectivity index (χ0) is 18.6. The Bertz CT molecular complexity index is 983. The number of hydrogen-bond acceptors (Lipinski definition) is 6. The molecule has 1 N–H and O–H groups in total. The third-order valence-corrected chi connectivity index (χ3v) is 7.76. The van der Waals surface area contributed by atoms with Gasteiger partial charge in [0.05, 0.1) is 29.5 Å². The summed E-state index contributed by atoms with van der Waals surface area (Å²) in [6.45, 7) is 1.26. The first kappa shape index (κ1) is 17.2. The van der Waals surface area contributed by atoms with Crippen molar-refractivity contribution in [3.8, 4) is 0 Å². The van der Waals surface area contributed by atoms with Crippen LogP contribution < -0.4 is 5.32 Å². The number of fused-ring (bicyclic) bond motifs is 3. The third-order valence-electron chi connectivity index (χ3n) is 5.60. The van der Waals surface area contributed by atoms with Crippen LogP contribution >= 0.6 is 0 Å². The van der Waals surface area contributed by atoms with Crippen LogP contribution in [0.25, 0.3) is 10.9 Å². The number of esters is 1. The summed E-state index contributed by atoms with van der Waals surface area (Å²) in [5.41, 5.74) is 0.849. The summed E-state index contributed by atoms with van der Waals surface area (Å²) in [4.78, 5) is 12.9. The molecule has 1 aromatic heterocycles. The topological polar surface area (TPSA) is 86.6 Å². The van der Waals surface area contributed by atoms with E-state index in [9.17, 15) is 13.2 Å². The van der Waals surface area contributed by atoms with Gasteiger partial charge in [-0.25, -0.2) is 17.2 Å². The van der Waals surface area contributed by atoms with Crippen molar-refractivity contribution < 1.29 is 22.7 Å². The molecule has 8 heteroatoms. The van der Waals surface area contributed by atoms with Crippen LogP contribution in [0.1, 0.15) is 36.0 Å². The van der Waals surface area contributed by atoms with E-state index in [1.807, 2.05) is 0 Å². The molecular weight excluding hydrogens is 368 g/mol. The van der Waals surface area contributed by atoms with Gasteiger partial charge in [0.25, 0.3) is 0 Å². The second-order valence-electron chi connectivity index (χ2n) is 7.70. The first-order valence-electron chi connectivity index (χ1n) is 9.41. The average Bonchev–Trinajstić information content (AvgIpc) is 3.42. The molecule has 3 atom stereocenters. The van der Waals surface area contributed by atoms with E-state index in [4.69, 9.17) is 9.47 Å². The summed E-state index contributed by atoms with van der Waals surface area (Å²) < 4.78 is 38.1. The first-order valence-corrected chi connectivity index (χ1v) is 10.9. The van der Waals surface area contributed by atoms with Crippen molar-refractivity contribution in [2.45, 2.75) is 49.1 Å². The molecule has 0 radical (unpaired) electrons. The van der Waals surface area contributed by atoms with Crippen molar-refractivity contribution in [2.75, 3.05) is 13.2 Å². The Morgan fingerprint density at radius 3 is 2.56 bits per heavy atom. The molecule has 5 rings (SSSR count). The summed E-state index contributed by atoms with van der Waals surface area (Å²) in [6.07, 6.45) is 4.02. The lowest BCUT2D eigenvalue weighted by Crippen LogP contribution is -2.56. The number of rotatable bonds is 4. The molecular formula is C19H22N2O5S. The number of nitrogens with one attached hydrogen (secondary N) is 1. The largest absolute Gasteiger partial charge is 0.459 e. The number of nitrogens with zero attached hydrogens (tertiary/aromatic N) is 1. The Morgan fingerprint density at radius 1 is 1.15 bits per heavy atom. The van der Waals surface area contributed by atoms with Gasteiger partial charge < -0.3 is 14.8 Å². The normalized spacial score (nSPS) is 28.2. The molecule has 3 fully saturated rings. The Hall–Kier alpha value is -1.90. The lowest BCUT2D eigenvalue weighted by Gasteiger charge is -2.39. The molecule has 1 aromatic carbocycles. The molecule has 2 aromatic rings. The lowest BCUT2D eigenvalue weighted by atomic mass is 9.94. The number of piperidine rings is 1. The molecule has 0 amide bonds. The van der Waals surface area contributed by atoms with Crippen LogP contribution in [-0.4, -0.2) is 55.0 Å². The molecule has 7 nitrogen and oxygen atoms in total. The maximum Gasteiger partial charge on any atom is 0.340 e. The van der Waals surface area contributed by atoms with E-state index in [2.05, 4.69) is 5.32 Å². The van der Waals surface area contributed by atoms with E-state index in [-0.39, 0.29) is 23.4 Å². The molecule has 0 spiro atoms. The minimum absolute atomic E-state index is 0.181.